The number of ether oxygens (including phenoxy) is 1. The van der Waals surface area contributed by atoms with Crippen LogP contribution in [0.5, 0.6) is 0 Å². The first-order valence-corrected chi connectivity index (χ1v) is 3.10. The molecule has 1 aliphatic rings. The summed E-state index contributed by atoms with van der Waals surface area (Å²) in [4.78, 5) is 0. The van der Waals surface area contributed by atoms with Crippen LogP contribution >= 0.6 is 0 Å². The summed E-state index contributed by atoms with van der Waals surface area (Å²) >= 11 is 0. The predicted molar refractivity (Wildman–Crippen MR) is 31.5 cm³/mol. The molecule has 0 aromatic heterocycles. The molecule has 0 aromatic rings. The third kappa shape index (κ3) is 2.21. The molecule has 1 heterocycles. The molecule has 0 aliphatic carbocycles. The third-order valence-electron chi connectivity index (χ3n) is 1.53. The average Bonchev–Trinajstić information content (AvgIpc) is 2.15. The molecule has 1 rings (SSSR count). The number of rotatable bonds is 1. The van der Waals surface area contributed by atoms with Gasteiger partial charge in [0.25, 0.3) is 0 Å². The minimum atomic E-state index is -0.796. The Labute approximate surface area is 84.1 Å². The second kappa shape index (κ2) is 4.74. The smallest absolute Gasteiger partial charge is 0.0771 e. The van der Waals surface area contributed by atoms with Crippen LogP contribution in [0.2, 0.25) is 0 Å². The van der Waals surface area contributed by atoms with Crippen molar-refractivity contribution < 1.29 is 46.1 Å². The van der Waals surface area contributed by atoms with Gasteiger partial charge < -0.3 is 14.9 Å². The van der Waals surface area contributed by atoms with E-state index in [2.05, 4.69) is 0 Å². The van der Waals surface area contributed by atoms with Crippen LogP contribution < -0.4 is 0 Å². The monoisotopic (exact) mass is 369 g/mol. The zero-order valence-corrected chi connectivity index (χ0v) is 9.98. The molecule has 3 nitrogen and oxygen atoms in total. The molecule has 1 unspecified atom stereocenters. The fourth-order valence-electron chi connectivity index (χ4n) is 0.900. The van der Waals surface area contributed by atoms with Crippen LogP contribution in [0.25, 0.3) is 0 Å². The van der Waals surface area contributed by atoms with Crippen molar-refractivity contribution in [3.63, 3.8) is 0 Å². The summed E-state index contributed by atoms with van der Waals surface area (Å²) in [6.07, 6.45) is -1.00. The fraction of sp³-hybridized carbons (Fsp3) is 0.833. The molecular weight excluding hydrogens is 358 g/mol. The van der Waals surface area contributed by atoms with Gasteiger partial charge in [-0.05, 0) is 12.5 Å². The van der Waals surface area contributed by atoms with Crippen molar-refractivity contribution in [2.75, 3.05) is 0 Å². The van der Waals surface area contributed by atoms with Gasteiger partial charge in [0.2, 0.25) is 0 Å². The SMILES string of the molecule is CC[C@H]1O[CH-]C(O)[C@H]1O.[U]. The molecule has 1 aliphatic heterocycles. The van der Waals surface area contributed by atoms with E-state index < -0.39 is 12.2 Å². The molecule has 58 valence electrons. The Morgan fingerprint density at radius 1 is 1.50 bits per heavy atom. The van der Waals surface area contributed by atoms with Crippen LogP contribution in [-0.4, -0.2) is 28.5 Å². The van der Waals surface area contributed by atoms with E-state index in [9.17, 15) is 0 Å². The van der Waals surface area contributed by atoms with Crippen LogP contribution in [0.1, 0.15) is 13.3 Å². The van der Waals surface area contributed by atoms with Gasteiger partial charge in [0.05, 0.1) is 6.10 Å². The Kier molecular flexibility index (Phi) is 5.18. The first-order valence-electron chi connectivity index (χ1n) is 3.10. The van der Waals surface area contributed by atoms with Gasteiger partial charge in [-0.3, -0.25) is 0 Å². The van der Waals surface area contributed by atoms with E-state index in [-0.39, 0.29) is 37.2 Å². The van der Waals surface area contributed by atoms with Gasteiger partial charge in [-0.25, -0.2) is 0 Å². The van der Waals surface area contributed by atoms with Crippen LogP contribution in [-0.2, 0) is 4.74 Å². The molecule has 10 heavy (non-hydrogen) atoms. The molecule has 0 spiro atoms. The number of hydrogen-bond donors (Lipinski definition) is 2. The van der Waals surface area contributed by atoms with Crippen molar-refractivity contribution in [2.45, 2.75) is 31.7 Å². The summed E-state index contributed by atoms with van der Waals surface area (Å²) in [5, 5.41) is 17.9. The minimum absolute atomic E-state index is 0. The Morgan fingerprint density at radius 3 is 2.30 bits per heavy atom. The molecule has 1 fully saturated rings. The van der Waals surface area contributed by atoms with Gasteiger partial charge in [-0.2, -0.15) is 6.61 Å². The molecule has 1 saturated heterocycles. The van der Waals surface area contributed by atoms with Gasteiger partial charge in [-0.1, -0.05) is 6.92 Å². The van der Waals surface area contributed by atoms with Crippen molar-refractivity contribution in [3.05, 3.63) is 6.61 Å². The Hall–Kier alpha value is 0.932. The second-order valence-electron chi connectivity index (χ2n) is 2.20. The Bertz CT molecular complexity index is 99.0. The maximum Gasteiger partial charge on any atom is 0.0771 e. The zero-order chi connectivity index (χ0) is 6.85. The van der Waals surface area contributed by atoms with Gasteiger partial charge in [-0.15, -0.1) is 0 Å². The zero-order valence-electron chi connectivity index (χ0n) is 5.82. The standard InChI is InChI=1S/C6H11O3.U/c1-2-5-6(8)4(7)3-9-5;/h3-8H,2H2,1H3;/q-1;/t4?,5-,6-;/m1./s1. The normalized spacial score (nSPS) is 39.3. The maximum atomic E-state index is 9.05. The summed E-state index contributed by atoms with van der Waals surface area (Å²) in [6.45, 7) is 3.18. The van der Waals surface area contributed by atoms with Crippen LogP contribution in [0.4, 0.5) is 0 Å². The van der Waals surface area contributed by atoms with Gasteiger partial charge in [0.15, 0.2) is 0 Å². The van der Waals surface area contributed by atoms with Crippen LogP contribution in [0, 0.1) is 37.7 Å². The van der Waals surface area contributed by atoms with E-state index >= 15 is 0 Å². The second-order valence-corrected chi connectivity index (χ2v) is 2.20. The third-order valence-corrected chi connectivity index (χ3v) is 1.53. The molecule has 0 bridgehead atoms. The average molecular weight is 369 g/mol. The first-order chi connectivity index (χ1) is 4.25. The summed E-state index contributed by atoms with van der Waals surface area (Å²) in [5.74, 6) is 0. The predicted octanol–water partition coefficient (Wildman–Crippen LogP) is -0.321. The fourth-order valence-corrected chi connectivity index (χ4v) is 0.900. The molecule has 2 N–H and O–H groups in total. The first kappa shape index (κ1) is 10.9. The van der Waals surface area contributed by atoms with Gasteiger partial charge in [0.1, 0.15) is 0 Å². The van der Waals surface area contributed by atoms with Gasteiger partial charge in [0, 0.05) is 37.2 Å². The quantitative estimate of drug-likeness (QED) is 0.623. The van der Waals surface area contributed by atoms with E-state index in [4.69, 9.17) is 14.9 Å². The Balaban J connectivity index is 0.000000810. The molecule has 3 atom stereocenters. The summed E-state index contributed by atoms with van der Waals surface area (Å²) in [5.41, 5.74) is 0. The van der Waals surface area contributed by atoms with E-state index in [1.165, 1.54) is 6.61 Å². The number of aliphatic hydroxyl groups is 2. The van der Waals surface area contributed by atoms with E-state index in [1.54, 1.807) is 0 Å². The molecule has 0 amide bonds. The van der Waals surface area contributed by atoms with Crippen molar-refractivity contribution in [2.24, 2.45) is 0 Å². The molecule has 0 radical (unpaired) electrons. The van der Waals surface area contributed by atoms with Crippen LogP contribution in [0.3, 0.4) is 0 Å². The number of hydrogen-bond acceptors (Lipinski definition) is 3. The van der Waals surface area contributed by atoms with E-state index in [0.717, 1.165) is 6.42 Å². The summed E-state index contributed by atoms with van der Waals surface area (Å²) in [6, 6.07) is 0. The maximum absolute atomic E-state index is 9.05. The van der Waals surface area contributed by atoms with E-state index in [0.29, 0.717) is 0 Å². The molecular formula is C6H11O3U-. The largest absolute Gasteiger partial charge is 0.545 e. The van der Waals surface area contributed by atoms with Crippen molar-refractivity contribution in [3.8, 4) is 0 Å². The molecule has 0 aromatic carbocycles. The number of aliphatic hydroxyl groups excluding tert-OH is 2. The molecule has 0 saturated carbocycles. The summed E-state index contributed by atoms with van der Waals surface area (Å²) < 4.78 is 4.90. The van der Waals surface area contributed by atoms with Crippen molar-refractivity contribution in [1.29, 1.82) is 0 Å². The molecule has 4 heteroatoms. The minimum Gasteiger partial charge on any atom is -0.545 e. The summed E-state index contributed by atoms with van der Waals surface area (Å²) in [7, 11) is 0. The Morgan fingerprint density at radius 2 is 2.10 bits per heavy atom. The van der Waals surface area contributed by atoms with Crippen molar-refractivity contribution >= 4 is 0 Å². The topological polar surface area (TPSA) is 49.7 Å². The van der Waals surface area contributed by atoms with Gasteiger partial charge >= 0.3 is 0 Å². The van der Waals surface area contributed by atoms with Crippen LogP contribution in [0.15, 0.2) is 0 Å². The van der Waals surface area contributed by atoms with E-state index in [1.807, 2.05) is 6.92 Å². The van der Waals surface area contributed by atoms with Crippen molar-refractivity contribution in [1.82, 2.24) is 0 Å².